The van der Waals surface area contributed by atoms with Crippen LogP contribution in [0.4, 0.5) is 0 Å². The van der Waals surface area contributed by atoms with Gasteiger partial charge in [-0.2, -0.15) is 0 Å². The molecule has 22 heavy (non-hydrogen) atoms. The minimum absolute atomic E-state index is 0.0885. The molecule has 5 heteroatoms. The van der Waals surface area contributed by atoms with E-state index in [2.05, 4.69) is 41.2 Å². The Balaban J connectivity index is 1.83. The lowest BCUT2D eigenvalue weighted by Gasteiger charge is -2.35. The molecule has 4 nitrogen and oxygen atoms in total. The van der Waals surface area contributed by atoms with E-state index >= 15 is 0 Å². The Bertz CT molecular complexity index is 625. The monoisotopic (exact) mass is 316 g/mol. The molecule has 1 aromatic carbocycles. The Morgan fingerprint density at radius 2 is 2.14 bits per heavy atom. The number of aromatic nitrogens is 1. The van der Waals surface area contributed by atoms with Crippen LogP contribution in [-0.2, 0) is 9.53 Å². The highest BCUT2D eigenvalue weighted by Gasteiger charge is 2.34. The van der Waals surface area contributed by atoms with Gasteiger partial charge in [-0.1, -0.05) is 24.3 Å². The number of ether oxygens (including phenoxy) is 1. The van der Waals surface area contributed by atoms with Crippen LogP contribution in [0.3, 0.4) is 0 Å². The molecule has 1 saturated heterocycles. The molecule has 2 atom stereocenters. The molecule has 0 unspecified atom stereocenters. The highest BCUT2D eigenvalue weighted by molar-refractivity contribution is 7.13. The number of thiazole rings is 1. The van der Waals surface area contributed by atoms with Crippen LogP contribution in [0.5, 0.6) is 0 Å². The molecular formula is C17H20N2O2S. The zero-order chi connectivity index (χ0) is 15.5. The second kappa shape index (κ2) is 6.58. The first-order valence-electron chi connectivity index (χ1n) is 7.45. The van der Waals surface area contributed by atoms with E-state index in [-0.39, 0.29) is 17.8 Å². The van der Waals surface area contributed by atoms with E-state index in [9.17, 15) is 4.79 Å². The summed E-state index contributed by atoms with van der Waals surface area (Å²) in [4.78, 5) is 18.6. The van der Waals surface area contributed by atoms with Gasteiger partial charge in [0.15, 0.2) is 0 Å². The number of esters is 1. The lowest BCUT2D eigenvalue weighted by atomic mass is 9.80. The molecule has 0 saturated carbocycles. The predicted molar refractivity (Wildman–Crippen MR) is 87.9 cm³/mol. The van der Waals surface area contributed by atoms with Gasteiger partial charge in [-0.3, -0.25) is 4.79 Å². The highest BCUT2D eigenvalue weighted by atomic mass is 32.1. The van der Waals surface area contributed by atoms with Crippen molar-refractivity contribution in [1.82, 2.24) is 9.88 Å². The van der Waals surface area contributed by atoms with Crippen molar-refractivity contribution in [3.05, 3.63) is 41.4 Å². The largest absolute Gasteiger partial charge is 0.469 e. The average Bonchev–Trinajstić information content (AvgIpc) is 3.09. The number of carbonyl (C=O) groups is 1. The van der Waals surface area contributed by atoms with Gasteiger partial charge in [0, 0.05) is 23.7 Å². The number of nitrogens with zero attached hydrogens (tertiary/aromatic N) is 2. The summed E-state index contributed by atoms with van der Waals surface area (Å²) >= 11 is 1.63. The number of carbonyl (C=O) groups excluding carboxylic acids is 1. The summed E-state index contributed by atoms with van der Waals surface area (Å²) in [7, 11) is 3.53. The topological polar surface area (TPSA) is 42.4 Å². The molecule has 2 aromatic rings. The van der Waals surface area contributed by atoms with Crippen molar-refractivity contribution in [2.24, 2.45) is 5.92 Å². The summed E-state index contributed by atoms with van der Waals surface area (Å²) in [6.45, 7) is 1.76. The number of hydrogen-bond donors (Lipinski definition) is 0. The van der Waals surface area contributed by atoms with Crippen LogP contribution in [0.25, 0.3) is 10.6 Å². The maximum atomic E-state index is 12.1. The van der Waals surface area contributed by atoms with Gasteiger partial charge in [0.25, 0.3) is 0 Å². The Morgan fingerprint density at radius 3 is 2.77 bits per heavy atom. The molecule has 2 heterocycles. The fraction of sp³-hybridized carbons (Fsp3) is 0.412. The maximum Gasteiger partial charge on any atom is 0.310 e. The molecule has 1 aliphatic rings. The van der Waals surface area contributed by atoms with E-state index < -0.39 is 0 Å². The highest BCUT2D eigenvalue weighted by Crippen LogP contribution is 2.34. The van der Waals surface area contributed by atoms with Gasteiger partial charge in [-0.05, 0) is 31.5 Å². The lowest BCUT2D eigenvalue weighted by molar-refractivity contribution is -0.148. The number of hydrogen-bond acceptors (Lipinski definition) is 5. The first-order chi connectivity index (χ1) is 10.7. The molecule has 0 N–H and O–H groups in total. The van der Waals surface area contributed by atoms with E-state index in [4.69, 9.17) is 4.74 Å². The molecule has 1 aromatic heterocycles. The number of piperidine rings is 1. The molecule has 0 radical (unpaired) electrons. The summed E-state index contributed by atoms with van der Waals surface area (Å²) in [6.07, 6.45) is 2.80. The first-order valence-corrected chi connectivity index (χ1v) is 8.33. The quantitative estimate of drug-likeness (QED) is 0.816. The van der Waals surface area contributed by atoms with Crippen molar-refractivity contribution in [3.8, 4) is 10.6 Å². The molecule has 1 aliphatic heterocycles. The smallest absolute Gasteiger partial charge is 0.310 e. The summed E-state index contributed by atoms with van der Waals surface area (Å²) in [5.41, 5.74) is 2.34. The van der Waals surface area contributed by atoms with Crippen LogP contribution in [0, 0.1) is 5.92 Å². The van der Waals surface area contributed by atoms with Crippen LogP contribution in [0.15, 0.2) is 35.8 Å². The minimum Gasteiger partial charge on any atom is -0.469 e. The van der Waals surface area contributed by atoms with E-state index in [0.717, 1.165) is 30.1 Å². The van der Waals surface area contributed by atoms with Gasteiger partial charge in [-0.25, -0.2) is 4.98 Å². The molecule has 0 bridgehead atoms. The van der Waals surface area contributed by atoms with Crippen molar-refractivity contribution in [3.63, 3.8) is 0 Å². The molecule has 1 fully saturated rings. The predicted octanol–water partition coefficient (Wildman–Crippen LogP) is 3.02. The first kappa shape index (κ1) is 15.2. The Hall–Kier alpha value is -1.72. The van der Waals surface area contributed by atoms with Crippen LogP contribution in [-0.4, -0.2) is 43.1 Å². The van der Waals surface area contributed by atoms with Gasteiger partial charge in [0.2, 0.25) is 0 Å². The summed E-state index contributed by atoms with van der Waals surface area (Å²) in [6, 6.07) is 8.45. The van der Waals surface area contributed by atoms with E-state index in [1.54, 1.807) is 11.3 Å². The van der Waals surface area contributed by atoms with E-state index in [1.165, 1.54) is 12.7 Å². The summed E-state index contributed by atoms with van der Waals surface area (Å²) in [5, 5.41) is 3.01. The Labute approximate surface area is 134 Å². The zero-order valence-electron chi connectivity index (χ0n) is 12.9. The molecule has 116 valence electrons. The van der Waals surface area contributed by atoms with Crippen LogP contribution < -0.4 is 0 Å². The van der Waals surface area contributed by atoms with Gasteiger partial charge in [0.1, 0.15) is 5.01 Å². The molecule has 0 spiro atoms. The third kappa shape index (κ3) is 3.05. The minimum atomic E-state index is -0.111. The van der Waals surface area contributed by atoms with Gasteiger partial charge in [0.05, 0.1) is 13.0 Å². The molecule has 3 rings (SSSR count). The fourth-order valence-corrected chi connectivity index (χ4v) is 3.79. The van der Waals surface area contributed by atoms with Gasteiger partial charge < -0.3 is 9.64 Å². The normalized spacial score (nSPS) is 22.5. The van der Waals surface area contributed by atoms with Crippen molar-refractivity contribution in [2.75, 3.05) is 27.2 Å². The summed E-state index contributed by atoms with van der Waals surface area (Å²) in [5.74, 6) is 0.0315. The van der Waals surface area contributed by atoms with Crippen molar-refractivity contribution in [1.29, 1.82) is 0 Å². The molecule has 0 aliphatic carbocycles. The number of methoxy groups -OCH3 is 1. The van der Waals surface area contributed by atoms with Crippen molar-refractivity contribution in [2.45, 2.75) is 12.3 Å². The van der Waals surface area contributed by atoms with Crippen molar-refractivity contribution >= 4 is 17.3 Å². The van der Waals surface area contributed by atoms with Gasteiger partial charge >= 0.3 is 5.97 Å². The van der Waals surface area contributed by atoms with E-state index in [0.29, 0.717) is 0 Å². The van der Waals surface area contributed by atoms with Gasteiger partial charge in [-0.15, -0.1) is 11.3 Å². The average molecular weight is 316 g/mol. The second-order valence-corrected chi connectivity index (χ2v) is 6.64. The second-order valence-electron chi connectivity index (χ2n) is 5.75. The third-order valence-corrected chi connectivity index (χ3v) is 5.16. The fourth-order valence-electron chi connectivity index (χ4n) is 3.14. The zero-order valence-corrected chi connectivity index (χ0v) is 13.7. The molecule has 0 amide bonds. The lowest BCUT2D eigenvalue weighted by Crippen LogP contribution is -2.41. The number of benzene rings is 1. The van der Waals surface area contributed by atoms with Crippen molar-refractivity contribution < 1.29 is 9.53 Å². The number of rotatable bonds is 3. The maximum absolute atomic E-state index is 12.1. The van der Waals surface area contributed by atoms with Crippen LogP contribution >= 0.6 is 11.3 Å². The Morgan fingerprint density at radius 1 is 1.36 bits per heavy atom. The third-order valence-electron chi connectivity index (χ3n) is 4.34. The van der Waals surface area contributed by atoms with E-state index in [1.807, 2.05) is 11.6 Å². The van der Waals surface area contributed by atoms with Crippen LogP contribution in [0.2, 0.25) is 0 Å². The number of likely N-dealkylation sites (tertiary alicyclic amines) is 1. The Kier molecular flexibility index (Phi) is 4.55. The summed E-state index contributed by atoms with van der Waals surface area (Å²) < 4.78 is 5.00. The standard InChI is InChI=1S/C17H20N2O2S/c1-19-9-7-14(15(11-19)17(20)21-2)12-3-5-13(6-4-12)16-18-8-10-22-16/h3-6,8,10,14-15H,7,9,11H2,1-2H3/t14-,15-/m1/s1. The SMILES string of the molecule is COC(=O)[C@@H]1CN(C)CC[C@@H]1c1ccc(-c2nccs2)cc1. The molecular weight excluding hydrogens is 296 g/mol. The van der Waals surface area contributed by atoms with Crippen LogP contribution in [0.1, 0.15) is 17.9 Å².